The van der Waals surface area contributed by atoms with Crippen LogP contribution in [0.25, 0.3) is 0 Å². The molecule has 4 aromatic carbocycles. The van der Waals surface area contributed by atoms with Crippen LogP contribution in [0.5, 0.6) is 0 Å². The predicted molar refractivity (Wildman–Crippen MR) is 410 cm³/mol. The lowest BCUT2D eigenvalue weighted by molar-refractivity contribution is -0.142. The molecule has 8 aromatic rings. The highest BCUT2D eigenvalue weighted by Gasteiger charge is 2.48. The number of carbonyl (C=O) groups is 8. The molecule has 4 fully saturated rings. The second-order valence-corrected chi connectivity index (χ2v) is 32.7. The Morgan fingerprint density at radius 3 is 0.844 bits per heavy atom. The Hall–Kier alpha value is -11.9. The molecular formula is C84H84F20N16O8. The van der Waals surface area contributed by atoms with Gasteiger partial charge in [-0.1, -0.05) is 45.0 Å². The highest BCUT2D eigenvalue weighted by molar-refractivity contribution is 5.97. The lowest BCUT2D eigenvalue weighted by atomic mass is 9.85. The fourth-order valence-corrected chi connectivity index (χ4v) is 17.8. The molecule has 8 amide bonds. The zero-order valence-corrected chi connectivity index (χ0v) is 69.1. The van der Waals surface area contributed by atoms with E-state index >= 15 is 0 Å². The van der Waals surface area contributed by atoms with Gasteiger partial charge in [0.25, 0.3) is 23.6 Å². The van der Waals surface area contributed by atoms with Gasteiger partial charge < -0.3 is 39.2 Å². The third-order valence-corrected chi connectivity index (χ3v) is 24.6. The largest absolute Gasteiger partial charge is 0.419 e. The second-order valence-electron chi connectivity index (χ2n) is 32.7. The summed E-state index contributed by atoms with van der Waals surface area (Å²) in [5.41, 5.74) is -1.23. The summed E-state index contributed by atoms with van der Waals surface area (Å²) in [7, 11) is 0. The van der Waals surface area contributed by atoms with E-state index in [0.717, 1.165) is 30.0 Å². The Morgan fingerprint density at radius 2 is 0.578 bits per heavy atom. The molecule has 0 radical (unpaired) electrons. The number of likely N-dealkylation sites (tertiary alicyclic amines) is 4. The van der Waals surface area contributed by atoms with E-state index < -0.39 is 117 Å². The summed E-state index contributed by atoms with van der Waals surface area (Å²) in [5.74, 6) is -18.4. The van der Waals surface area contributed by atoms with Gasteiger partial charge in [0.2, 0.25) is 23.6 Å². The Kier molecular flexibility index (Phi) is 27.1. The van der Waals surface area contributed by atoms with Gasteiger partial charge in [-0.25, -0.2) is 35.1 Å². The van der Waals surface area contributed by atoms with Gasteiger partial charge in [0, 0.05) is 126 Å². The first-order chi connectivity index (χ1) is 60.2. The van der Waals surface area contributed by atoms with E-state index in [1.54, 1.807) is 40.4 Å². The number of hydrogen-bond donors (Lipinski definition) is 4. The van der Waals surface area contributed by atoms with E-state index in [4.69, 9.17) is 0 Å². The summed E-state index contributed by atoms with van der Waals surface area (Å²) >= 11 is 0. The number of H-pyrrole nitrogens is 4. The summed E-state index contributed by atoms with van der Waals surface area (Å²) in [6, 6.07) is 6.71. The molecule has 0 unspecified atom stereocenters. The van der Waals surface area contributed by atoms with Crippen molar-refractivity contribution in [2.45, 2.75) is 193 Å². The van der Waals surface area contributed by atoms with Crippen LogP contribution < -0.4 is 0 Å². The van der Waals surface area contributed by atoms with Crippen molar-refractivity contribution >= 4 is 47.3 Å². The molecule has 0 aliphatic carbocycles. The standard InChI is InChI=1S/C22H23F5N4O2.2C21H21F5N4O2.C20H19F5N4O2/c1-11(2)20(32)31-9-14-16(10-31)28-29-19(14)21(33)30-7-5-12(6-8-30)13-3-4-15(23)18(24)17(13)22(25,26)27;1-11(31)30-9-6-16-14(10-30)19(28-27-16)20(32)29-7-4-12(5-8-29)13-2-3-15(22)18(23)17(13)21(24,25)26;1-2-16(31)30-9-13-15(10-30)27-28-19(13)20(32)29-7-5-11(6-8-29)12-3-4-14(22)18(23)17(12)21(24,25)26;1-10(30)29-8-13-15(9-29)26-27-18(13)19(31)28-6-4-11(5-7-28)12-2-3-14(21)17(22)16(12)20(23,24)25/h3-4,11-12H,5-10H2,1-2H3,(H,28,29);2-3,12H,4-10H2,1H3,(H,27,28);3-4,11H,2,5-10H2,1H3,(H,27,28);2-3,11H,4-9H2,1H3,(H,26,27). The Labute approximate surface area is 716 Å². The number of nitrogens with zero attached hydrogens (tertiary/aromatic N) is 12. The van der Waals surface area contributed by atoms with Gasteiger partial charge in [-0.15, -0.1) is 0 Å². The average molecular weight is 1830 g/mol. The fraction of sp³-hybridized carbons (Fsp3) is 0.476. The number of aromatic nitrogens is 8. The first kappa shape index (κ1) is 93.7. The number of halogens is 20. The van der Waals surface area contributed by atoms with Gasteiger partial charge in [-0.2, -0.15) is 73.1 Å². The van der Waals surface area contributed by atoms with Crippen LogP contribution in [0.15, 0.2) is 48.5 Å². The normalized spacial score (nSPS) is 17.2. The number of amides is 8. The van der Waals surface area contributed by atoms with Crippen molar-refractivity contribution in [3.8, 4) is 0 Å². The molecule has 128 heavy (non-hydrogen) atoms. The van der Waals surface area contributed by atoms with Crippen molar-refractivity contribution in [3.63, 3.8) is 0 Å². The third kappa shape index (κ3) is 19.3. The van der Waals surface area contributed by atoms with Gasteiger partial charge in [-0.05, 0) is 122 Å². The average Bonchev–Trinajstić information content (AvgIpc) is 1.67. The molecule has 16 rings (SSSR count). The Morgan fingerprint density at radius 1 is 0.336 bits per heavy atom. The summed E-state index contributed by atoms with van der Waals surface area (Å²) in [6.45, 7) is 12.0. The second kappa shape index (κ2) is 37.0. The maximum absolute atomic E-state index is 14.0. The zero-order chi connectivity index (χ0) is 93.0. The minimum atomic E-state index is -5.02. The molecule has 44 heteroatoms. The van der Waals surface area contributed by atoms with Crippen molar-refractivity contribution < 1.29 is 126 Å². The van der Waals surface area contributed by atoms with E-state index in [-0.39, 0.29) is 228 Å². The molecular weight excluding hydrogens is 1740 g/mol. The SMILES string of the molecule is CC(=O)N1CCc2[nH]nc(C(=O)N3CCC(c4ccc(F)c(F)c4C(F)(F)F)CC3)c2C1.CC(=O)N1Cc2[nH]nc(C(=O)N3CCC(c4ccc(F)c(F)c4C(F)(F)F)CC3)c2C1.CC(C)C(=O)N1Cc2[nH]nc(C(=O)N3CCC(c4ccc(F)c(F)c4C(F)(F)F)CC3)c2C1.CCC(=O)N1Cc2[nH]nc(C(=O)N3CCC(c4ccc(F)c(F)c4C(F)(F)F)CC3)c2C1. The summed E-state index contributed by atoms with van der Waals surface area (Å²) in [6.07, 6.45) is -17.8. The van der Waals surface area contributed by atoms with E-state index in [1.807, 2.05) is 0 Å². The van der Waals surface area contributed by atoms with Crippen LogP contribution in [0, 0.1) is 52.5 Å². The van der Waals surface area contributed by atoms with Crippen LogP contribution in [-0.2, 0) is 96.1 Å². The quantitative estimate of drug-likeness (QED) is 0.0931. The number of fused-ring (bicyclic) bond motifs is 4. The molecule has 4 N–H and O–H groups in total. The lowest BCUT2D eigenvalue weighted by Gasteiger charge is -2.33. The van der Waals surface area contributed by atoms with Crippen molar-refractivity contribution in [1.29, 1.82) is 0 Å². The number of carbonyl (C=O) groups excluding carboxylic acids is 8. The van der Waals surface area contributed by atoms with Crippen LogP contribution in [0.3, 0.4) is 0 Å². The zero-order valence-electron chi connectivity index (χ0n) is 69.1. The van der Waals surface area contributed by atoms with Gasteiger partial charge in [0.15, 0.2) is 69.3 Å². The van der Waals surface area contributed by atoms with E-state index in [2.05, 4.69) is 40.8 Å². The predicted octanol–water partition coefficient (Wildman–Crippen LogP) is 15.4. The molecule has 12 heterocycles. The summed E-state index contributed by atoms with van der Waals surface area (Å²) < 4.78 is 270. The number of aromatic amines is 4. The highest BCUT2D eigenvalue weighted by atomic mass is 19.4. The van der Waals surface area contributed by atoms with Gasteiger partial charge in [-0.3, -0.25) is 58.8 Å². The van der Waals surface area contributed by atoms with Gasteiger partial charge in [0.05, 0.1) is 78.6 Å². The molecule has 8 aliphatic rings. The monoisotopic (exact) mass is 1820 g/mol. The number of alkyl halides is 12. The molecule has 0 atom stereocenters. The van der Waals surface area contributed by atoms with Crippen LogP contribution in [0.2, 0.25) is 0 Å². The smallest absolute Gasteiger partial charge is 0.338 e. The van der Waals surface area contributed by atoms with Crippen LogP contribution in [0.1, 0.15) is 248 Å². The maximum Gasteiger partial charge on any atom is 0.419 e. The molecule has 4 saturated heterocycles. The van der Waals surface area contributed by atoms with Gasteiger partial charge in [0.1, 0.15) is 0 Å². The van der Waals surface area contributed by atoms with E-state index in [1.165, 1.54) is 33.4 Å². The van der Waals surface area contributed by atoms with Crippen molar-refractivity contribution in [1.82, 2.24) is 80.0 Å². The number of nitrogens with one attached hydrogen (secondary N) is 4. The Balaban J connectivity index is 0.000000146. The Bertz CT molecular complexity index is 5590. The van der Waals surface area contributed by atoms with Crippen LogP contribution >= 0.6 is 0 Å². The molecule has 688 valence electrons. The van der Waals surface area contributed by atoms with Crippen molar-refractivity contribution in [2.75, 3.05) is 58.9 Å². The van der Waals surface area contributed by atoms with Gasteiger partial charge >= 0.3 is 24.7 Å². The first-order valence-corrected chi connectivity index (χ1v) is 40.9. The number of benzene rings is 4. The lowest BCUT2D eigenvalue weighted by Crippen LogP contribution is -2.40. The summed E-state index contributed by atoms with van der Waals surface area (Å²) in [4.78, 5) is 112. The molecule has 4 aromatic heterocycles. The molecule has 0 bridgehead atoms. The molecule has 8 aliphatic heterocycles. The molecule has 24 nitrogen and oxygen atoms in total. The van der Waals surface area contributed by atoms with Crippen LogP contribution in [0.4, 0.5) is 87.8 Å². The number of piperidine rings is 4. The van der Waals surface area contributed by atoms with E-state index in [0.29, 0.717) is 103 Å². The van der Waals surface area contributed by atoms with Crippen molar-refractivity contribution in [3.05, 3.63) is 207 Å². The summed E-state index contributed by atoms with van der Waals surface area (Å²) in [5, 5.41) is 27.6. The molecule has 0 saturated carbocycles. The van der Waals surface area contributed by atoms with E-state index in [9.17, 15) is 126 Å². The number of hydrogen-bond acceptors (Lipinski definition) is 12. The maximum atomic E-state index is 14.0. The van der Waals surface area contributed by atoms with Crippen LogP contribution in [-0.4, -0.2) is 186 Å². The highest BCUT2D eigenvalue weighted by Crippen LogP contribution is 2.47. The van der Waals surface area contributed by atoms with Crippen molar-refractivity contribution in [2.24, 2.45) is 5.92 Å². The minimum Gasteiger partial charge on any atom is -0.338 e. The fourth-order valence-electron chi connectivity index (χ4n) is 17.8. The first-order valence-electron chi connectivity index (χ1n) is 40.9. The topological polar surface area (TPSA) is 277 Å². The minimum absolute atomic E-state index is 0.0363. The third-order valence-electron chi connectivity index (χ3n) is 24.6. The molecule has 0 spiro atoms. The number of rotatable bonds is 10.